The third kappa shape index (κ3) is 2.89. The van der Waals surface area contributed by atoms with Gasteiger partial charge in [0.1, 0.15) is 5.78 Å². The van der Waals surface area contributed by atoms with Crippen LogP contribution in [0.1, 0.15) is 27.7 Å². The predicted octanol–water partition coefficient (Wildman–Crippen LogP) is 2.50. The third-order valence-corrected chi connectivity index (χ3v) is 3.13. The van der Waals surface area contributed by atoms with E-state index < -0.39 is 5.97 Å². The van der Waals surface area contributed by atoms with E-state index in [1.165, 1.54) is 14.0 Å². The van der Waals surface area contributed by atoms with Crippen molar-refractivity contribution in [2.75, 3.05) is 7.11 Å². The first kappa shape index (κ1) is 11.9. The maximum absolute atomic E-state index is 11.2. The second kappa shape index (κ2) is 5.07. The quantitative estimate of drug-likeness (QED) is 0.626. The van der Waals surface area contributed by atoms with Gasteiger partial charge in [-0.1, -0.05) is 28.1 Å². The number of alkyl halides is 1. The number of carbonyl (C=O) groups excluding carboxylic acids is 2. The van der Waals surface area contributed by atoms with Gasteiger partial charge in [-0.15, -0.1) is 0 Å². The zero-order valence-electron chi connectivity index (χ0n) is 8.49. The fraction of sp³-hybridized carbons (Fsp3) is 0.273. The van der Waals surface area contributed by atoms with Crippen LogP contribution in [-0.4, -0.2) is 18.9 Å². The van der Waals surface area contributed by atoms with Crippen LogP contribution in [-0.2, 0) is 9.53 Å². The molecule has 1 atom stereocenters. The highest BCUT2D eigenvalue weighted by Gasteiger charge is 2.14. The van der Waals surface area contributed by atoms with Crippen molar-refractivity contribution in [3.63, 3.8) is 0 Å². The van der Waals surface area contributed by atoms with E-state index in [-0.39, 0.29) is 10.6 Å². The molecular formula is C11H11BrO3. The van der Waals surface area contributed by atoms with Gasteiger partial charge < -0.3 is 4.74 Å². The average molecular weight is 271 g/mol. The summed E-state index contributed by atoms with van der Waals surface area (Å²) in [6.45, 7) is 1.49. The summed E-state index contributed by atoms with van der Waals surface area (Å²) in [5.74, 6) is -0.405. The lowest BCUT2D eigenvalue weighted by atomic mass is 10.1. The maximum atomic E-state index is 11.2. The Morgan fingerprint density at radius 1 is 1.40 bits per heavy atom. The summed E-state index contributed by atoms with van der Waals surface area (Å²) in [5.41, 5.74) is 1.20. The molecular weight excluding hydrogens is 260 g/mol. The molecule has 4 heteroatoms. The lowest BCUT2D eigenvalue weighted by Crippen LogP contribution is -2.05. The Kier molecular flexibility index (Phi) is 4.03. The van der Waals surface area contributed by atoms with Gasteiger partial charge in [-0.25, -0.2) is 4.79 Å². The summed E-state index contributed by atoms with van der Waals surface area (Å²) in [7, 11) is 1.32. The molecule has 1 unspecified atom stereocenters. The molecule has 0 heterocycles. The Morgan fingerprint density at radius 3 is 2.60 bits per heavy atom. The van der Waals surface area contributed by atoms with E-state index in [0.717, 1.165) is 5.56 Å². The number of ether oxygens (including phenoxy) is 1. The molecule has 0 spiro atoms. The molecule has 0 aliphatic rings. The van der Waals surface area contributed by atoms with Gasteiger partial charge in [0.05, 0.1) is 17.5 Å². The smallest absolute Gasteiger partial charge is 0.337 e. The molecule has 0 saturated carbocycles. The molecule has 0 bridgehead atoms. The minimum absolute atomic E-state index is 0.00276. The molecule has 80 valence electrons. The van der Waals surface area contributed by atoms with Gasteiger partial charge in [-0.05, 0) is 24.6 Å². The number of rotatable bonds is 3. The van der Waals surface area contributed by atoms with Crippen LogP contribution >= 0.6 is 15.9 Å². The number of benzene rings is 1. The van der Waals surface area contributed by atoms with Crippen molar-refractivity contribution in [1.29, 1.82) is 0 Å². The van der Waals surface area contributed by atoms with Crippen molar-refractivity contribution < 1.29 is 14.3 Å². The number of ketones is 1. The van der Waals surface area contributed by atoms with Crippen molar-refractivity contribution in [1.82, 2.24) is 0 Å². The van der Waals surface area contributed by atoms with Crippen molar-refractivity contribution in [2.24, 2.45) is 0 Å². The van der Waals surface area contributed by atoms with Crippen LogP contribution < -0.4 is 0 Å². The van der Waals surface area contributed by atoms with E-state index in [9.17, 15) is 9.59 Å². The van der Waals surface area contributed by atoms with Gasteiger partial charge in [0.15, 0.2) is 0 Å². The third-order valence-electron chi connectivity index (χ3n) is 1.96. The summed E-state index contributed by atoms with van der Waals surface area (Å²) >= 11 is 3.25. The van der Waals surface area contributed by atoms with E-state index in [1.807, 2.05) is 0 Å². The first-order valence-corrected chi connectivity index (χ1v) is 5.30. The monoisotopic (exact) mass is 270 g/mol. The lowest BCUT2D eigenvalue weighted by molar-refractivity contribution is -0.116. The Balaban J connectivity index is 3.02. The normalized spacial score (nSPS) is 11.9. The summed E-state index contributed by atoms with van der Waals surface area (Å²) in [5, 5.41) is 0. The molecule has 0 aliphatic heterocycles. The molecule has 1 aromatic carbocycles. The van der Waals surface area contributed by atoms with Crippen LogP contribution in [0.15, 0.2) is 24.3 Å². The van der Waals surface area contributed by atoms with Gasteiger partial charge in [-0.3, -0.25) is 4.79 Å². The van der Waals surface area contributed by atoms with Crippen molar-refractivity contribution in [3.8, 4) is 0 Å². The Hall–Kier alpha value is -1.16. The van der Waals surface area contributed by atoms with Crippen LogP contribution in [0.4, 0.5) is 0 Å². The molecule has 0 saturated heterocycles. The number of methoxy groups -OCH3 is 1. The van der Waals surface area contributed by atoms with Gasteiger partial charge in [0.25, 0.3) is 0 Å². The number of Topliss-reactive ketones (excluding diaryl/α,β-unsaturated/α-hetero) is 1. The van der Waals surface area contributed by atoms with Crippen LogP contribution in [0, 0.1) is 0 Å². The molecule has 0 radical (unpaired) electrons. The number of halogens is 1. The molecule has 0 amide bonds. The maximum Gasteiger partial charge on any atom is 0.337 e. The van der Waals surface area contributed by atoms with Crippen LogP contribution in [0.3, 0.4) is 0 Å². The van der Waals surface area contributed by atoms with Crippen LogP contribution in [0.25, 0.3) is 0 Å². The van der Waals surface area contributed by atoms with Crippen LogP contribution in [0.2, 0.25) is 0 Å². The largest absolute Gasteiger partial charge is 0.465 e. The Labute approximate surface area is 96.6 Å². The summed E-state index contributed by atoms with van der Waals surface area (Å²) in [6, 6.07) is 6.80. The highest BCUT2D eigenvalue weighted by Crippen LogP contribution is 2.24. The minimum Gasteiger partial charge on any atom is -0.465 e. The highest BCUT2D eigenvalue weighted by molar-refractivity contribution is 9.09. The van der Waals surface area contributed by atoms with E-state index >= 15 is 0 Å². The number of esters is 1. The van der Waals surface area contributed by atoms with Crippen LogP contribution in [0.5, 0.6) is 0 Å². The van der Waals surface area contributed by atoms with E-state index in [0.29, 0.717) is 5.56 Å². The summed E-state index contributed by atoms with van der Waals surface area (Å²) < 4.78 is 4.59. The fourth-order valence-electron chi connectivity index (χ4n) is 1.18. The zero-order chi connectivity index (χ0) is 11.4. The van der Waals surface area contributed by atoms with Gasteiger partial charge in [0.2, 0.25) is 0 Å². The van der Waals surface area contributed by atoms with Gasteiger partial charge in [0, 0.05) is 0 Å². The SMILES string of the molecule is COC(=O)c1cccc(C(Br)C(C)=O)c1. The van der Waals surface area contributed by atoms with E-state index in [2.05, 4.69) is 20.7 Å². The first-order chi connectivity index (χ1) is 7.06. The molecule has 0 aliphatic carbocycles. The highest BCUT2D eigenvalue weighted by atomic mass is 79.9. The number of hydrogen-bond acceptors (Lipinski definition) is 3. The average Bonchev–Trinajstić information content (AvgIpc) is 2.27. The predicted molar refractivity (Wildman–Crippen MR) is 60.1 cm³/mol. The van der Waals surface area contributed by atoms with Crippen molar-refractivity contribution >= 4 is 27.7 Å². The van der Waals surface area contributed by atoms with E-state index in [1.54, 1.807) is 24.3 Å². The molecule has 0 aromatic heterocycles. The standard InChI is InChI=1S/C11H11BrO3/c1-7(13)10(12)8-4-3-5-9(6-8)11(14)15-2/h3-6,10H,1-2H3. The molecule has 0 N–H and O–H groups in total. The number of hydrogen-bond donors (Lipinski definition) is 0. The Bertz CT molecular complexity index is 387. The summed E-state index contributed by atoms with van der Waals surface area (Å²) in [4.78, 5) is 22.0. The zero-order valence-corrected chi connectivity index (χ0v) is 10.1. The molecule has 15 heavy (non-hydrogen) atoms. The summed E-state index contributed by atoms with van der Waals surface area (Å²) in [6.07, 6.45) is 0. The fourth-order valence-corrected chi connectivity index (χ4v) is 1.46. The van der Waals surface area contributed by atoms with Gasteiger partial charge in [-0.2, -0.15) is 0 Å². The lowest BCUT2D eigenvalue weighted by Gasteiger charge is -2.07. The molecule has 1 rings (SSSR count). The van der Waals surface area contributed by atoms with E-state index in [4.69, 9.17) is 0 Å². The molecule has 0 fully saturated rings. The topological polar surface area (TPSA) is 43.4 Å². The van der Waals surface area contributed by atoms with Crippen molar-refractivity contribution in [3.05, 3.63) is 35.4 Å². The second-order valence-corrected chi connectivity index (χ2v) is 4.01. The molecule has 3 nitrogen and oxygen atoms in total. The Morgan fingerprint density at radius 2 is 2.07 bits per heavy atom. The minimum atomic E-state index is -0.403. The van der Waals surface area contributed by atoms with Gasteiger partial charge >= 0.3 is 5.97 Å². The molecule has 1 aromatic rings. The van der Waals surface area contributed by atoms with Crippen molar-refractivity contribution in [2.45, 2.75) is 11.8 Å². The number of carbonyl (C=O) groups is 2. The second-order valence-electron chi connectivity index (χ2n) is 3.09. The first-order valence-electron chi connectivity index (χ1n) is 4.39.